The normalized spacial score (nSPS) is 10.5. The second kappa shape index (κ2) is 8.51. The summed E-state index contributed by atoms with van der Waals surface area (Å²) < 4.78 is 19.9. The first-order valence-corrected chi connectivity index (χ1v) is 8.79. The molecule has 0 atom stereocenters. The number of anilines is 2. The molecule has 0 aliphatic rings. The number of hydrogen-bond donors (Lipinski definition) is 2. The zero-order valence-corrected chi connectivity index (χ0v) is 16.2. The number of benzene rings is 2. The summed E-state index contributed by atoms with van der Waals surface area (Å²) in [5.41, 5.74) is 2.11. The van der Waals surface area contributed by atoms with Crippen molar-refractivity contribution in [2.24, 2.45) is 0 Å². The predicted octanol–water partition coefficient (Wildman–Crippen LogP) is 2.93. The summed E-state index contributed by atoms with van der Waals surface area (Å²) in [6, 6.07) is 11.1. The number of methoxy groups -OCH3 is 1. The van der Waals surface area contributed by atoms with Gasteiger partial charge in [-0.3, -0.25) is 9.59 Å². The molecule has 0 saturated carbocycles. The molecular weight excluding hydrogens is 377 g/mol. The fourth-order valence-corrected chi connectivity index (χ4v) is 2.67. The summed E-state index contributed by atoms with van der Waals surface area (Å²) in [6.45, 7) is 3.26. The van der Waals surface area contributed by atoms with Crippen molar-refractivity contribution in [3.63, 3.8) is 0 Å². The lowest BCUT2D eigenvalue weighted by molar-refractivity contribution is -0.117. The summed E-state index contributed by atoms with van der Waals surface area (Å²) in [5, 5.41) is 13.1. The SMILES string of the molecule is COc1cccc(NC(=O)Cn2nnc(C(=O)Nc3cc(F)ccc3C)c2C)c1. The number of carbonyl (C=O) groups is 2. The van der Waals surface area contributed by atoms with Crippen LogP contribution in [-0.4, -0.2) is 33.9 Å². The number of nitrogens with zero attached hydrogens (tertiary/aromatic N) is 3. The Morgan fingerprint density at radius 3 is 2.69 bits per heavy atom. The summed E-state index contributed by atoms with van der Waals surface area (Å²) in [6.07, 6.45) is 0. The number of halogens is 1. The Labute approximate surface area is 166 Å². The van der Waals surface area contributed by atoms with E-state index in [1.807, 2.05) is 0 Å². The van der Waals surface area contributed by atoms with Crippen LogP contribution >= 0.6 is 0 Å². The van der Waals surface area contributed by atoms with Crippen LogP contribution in [0.15, 0.2) is 42.5 Å². The molecule has 0 radical (unpaired) electrons. The number of hydrogen-bond acceptors (Lipinski definition) is 5. The third kappa shape index (κ3) is 4.75. The van der Waals surface area contributed by atoms with Crippen LogP contribution in [0.1, 0.15) is 21.7 Å². The van der Waals surface area contributed by atoms with Crippen molar-refractivity contribution in [3.05, 3.63) is 65.2 Å². The number of carbonyl (C=O) groups excluding carboxylic acids is 2. The third-order valence-corrected chi connectivity index (χ3v) is 4.29. The van der Waals surface area contributed by atoms with Crippen LogP contribution in [0.3, 0.4) is 0 Å². The molecule has 150 valence electrons. The van der Waals surface area contributed by atoms with E-state index in [9.17, 15) is 14.0 Å². The molecule has 2 aromatic carbocycles. The minimum atomic E-state index is -0.532. The molecule has 0 fully saturated rings. The first-order valence-electron chi connectivity index (χ1n) is 8.79. The van der Waals surface area contributed by atoms with E-state index in [-0.39, 0.29) is 18.1 Å². The van der Waals surface area contributed by atoms with Crippen molar-refractivity contribution in [3.8, 4) is 5.75 Å². The highest BCUT2D eigenvalue weighted by atomic mass is 19.1. The van der Waals surface area contributed by atoms with Crippen LogP contribution in [0.5, 0.6) is 5.75 Å². The zero-order chi connectivity index (χ0) is 21.0. The Balaban J connectivity index is 1.69. The molecule has 0 spiro atoms. The quantitative estimate of drug-likeness (QED) is 0.666. The Morgan fingerprint density at radius 2 is 1.93 bits per heavy atom. The fraction of sp³-hybridized carbons (Fsp3) is 0.200. The number of aromatic nitrogens is 3. The van der Waals surface area contributed by atoms with Gasteiger partial charge in [-0.15, -0.1) is 5.10 Å². The summed E-state index contributed by atoms with van der Waals surface area (Å²) >= 11 is 0. The largest absolute Gasteiger partial charge is 0.497 e. The summed E-state index contributed by atoms with van der Waals surface area (Å²) in [5.74, 6) is -0.707. The molecule has 3 aromatic rings. The number of rotatable bonds is 6. The monoisotopic (exact) mass is 397 g/mol. The average Bonchev–Trinajstić information content (AvgIpc) is 3.05. The molecule has 0 bridgehead atoms. The van der Waals surface area contributed by atoms with Gasteiger partial charge in [-0.25, -0.2) is 9.07 Å². The van der Waals surface area contributed by atoms with Gasteiger partial charge in [0.15, 0.2) is 5.69 Å². The Kier molecular flexibility index (Phi) is 5.87. The molecule has 2 N–H and O–H groups in total. The standard InChI is InChI=1S/C20H20FN5O3/c1-12-7-8-14(21)9-17(12)23-20(28)19-13(2)26(25-24-19)11-18(27)22-15-5-4-6-16(10-15)29-3/h4-10H,11H2,1-3H3,(H,22,27)(H,23,28). The molecule has 1 aromatic heterocycles. The van der Waals surface area contributed by atoms with Gasteiger partial charge in [0, 0.05) is 17.4 Å². The smallest absolute Gasteiger partial charge is 0.278 e. The third-order valence-electron chi connectivity index (χ3n) is 4.29. The molecule has 1 heterocycles. The molecular formula is C20H20FN5O3. The van der Waals surface area contributed by atoms with Crippen LogP contribution in [-0.2, 0) is 11.3 Å². The van der Waals surface area contributed by atoms with Crippen molar-refractivity contribution >= 4 is 23.2 Å². The van der Waals surface area contributed by atoms with Gasteiger partial charge in [-0.1, -0.05) is 17.3 Å². The second-order valence-corrected chi connectivity index (χ2v) is 6.37. The summed E-state index contributed by atoms with van der Waals surface area (Å²) in [7, 11) is 1.54. The molecule has 2 amide bonds. The topological polar surface area (TPSA) is 98.1 Å². The van der Waals surface area contributed by atoms with E-state index in [1.165, 1.54) is 23.9 Å². The van der Waals surface area contributed by atoms with Crippen LogP contribution in [0, 0.1) is 19.7 Å². The van der Waals surface area contributed by atoms with Crippen molar-refractivity contribution in [2.45, 2.75) is 20.4 Å². The zero-order valence-electron chi connectivity index (χ0n) is 16.2. The van der Waals surface area contributed by atoms with Crippen LogP contribution in [0.2, 0.25) is 0 Å². The first-order chi connectivity index (χ1) is 13.9. The minimum Gasteiger partial charge on any atom is -0.497 e. The van der Waals surface area contributed by atoms with Crippen molar-refractivity contribution in [1.82, 2.24) is 15.0 Å². The van der Waals surface area contributed by atoms with Crippen molar-refractivity contribution < 1.29 is 18.7 Å². The van der Waals surface area contributed by atoms with Crippen LogP contribution in [0.4, 0.5) is 15.8 Å². The molecule has 3 rings (SSSR count). The molecule has 0 aliphatic carbocycles. The van der Waals surface area contributed by atoms with Gasteiger partial charge < -0.3 is 15.4 Å². The van der Waals surface area contributed by atoms with Gasteiger partial charge in [0.2, 0.25) is 5.91 Å². The second-order valence-electron chi connectivity index (χ2n) is 6.37. The van der Waals surface area contributed by atoms with E-state index in [4.69, 9.17) is 4.74 Å². The Hall–Kier alpha value is -3.75. The van der Waals surface area contributed by atoms with Crippen LogP contribution in [0.25, 0.3) is 0 Å². The van der Waals surface area contributed by atoms with Gasteiger partial charge >= 0.3 is 0 Å². The minimum absolute atomic E-state index is 0.0582. The molecule has 29 heavy (non-hydrogen) atoms. The van der Waals surface area contributed by atoms with Gasteiger partial charge in [0.25, 0.3) is 5.91 Å². The molecule has 0 aliphatic heterocycles. The molecule has 9 heteroatoms. The lowest BCUT2D eigenvalue weighted by atomic mass is 10.2. The van der Waals surface area contributed by atoms with Gasteiger partial charge in [-0.05, 0) is 43.7 Å². The van der Waals surface area contributed by atoms with E-state index in [0.717, 1.165) is 0 Å². The predicted molar refractivity (Wildman–Crippen MR) is 105 cm³/mol. The Bertz CT molecular complexity index is 1060. The maximum Gasteiger partial charge on any atom is 0.278 e. The maximum atomic E-state index is 13.4. The summed E-state index contributed by atoms with van der Waals surface area (Å²) in [4.78, 5) is 24.8. The van der Waals surface area contributed by atoms with Crippen molar-refractivity contribution in [2.75, 3.05) is 17.7 Å². The van der Waals surface area contributed by atoms with Gasteiger partial charge in [0.1, 0.15) is 18.1 Å². The Morgan fingerprint density at radius 1 is 1.14 bits per heavy atom. The van der Waals surface area contributed by atoms with E-state index >= 15 is 0 Å². The average molecular weight is 397 g/mol. The van der Waals surface area contributed by atoms with Crippen LogP contribution < -0.4 is 15.4 Å². The van der Waals surface area contributed by atoms with E-state index in [1.54, 1.807) is 44.2 Å². The highest BCUT2D eigenvalue weighted by Gasteiger charge is 2.19. The maximum absolute atomic E-state index is 13.4. The number of aryl methyl sites for hydroxylation is 1. The molecule has 8 nitrogen and oxygen atoms in total. The van der Waals surface area contributed by atoms with Gasteiger partial charge in [0.05, 0.1) is 12.8 Å². The highest BCUT2D eigenvalue weighted by molar-refractivity contribution is 6.04. The molecule has 0 unspecified atom stereocenters. The molecule has 0 saturated heterocycles. The van der Waals surface area contributed by atoms with E-state index in [2.05, 4.69) is 20.9 Å². The first kappa shape index (κ1) is 20.0. The number of ether oxygens (including phenoxy) is 1. The lowest BCUT2D eigenvalue weighted by Gasteiger charge is -2.09. The lowest BCUT2D eigenvalue weighted by Crippen LogP contribution is -2.21. The van der Waals surface area contributed by atoms with Gasteiger partial charge in [-0.2, -0.15) is 0 Å². The number of nitrogens with one attached hydrogen (secondary N) is 2. The van der Waals surface area contributed by atoms with E-state index < -0.39 is 11.7 Å². The highest BCUT2D eigenvalue weighted by Crippen LogP contribution is 2.18. The fourth-order valence-electron chi connectivity index (χ4n) is 2.67. The number of amides is 2. The van der Waals surface area contributed by atoms with Crippen molar-refractivity contribution in [1.29, 1.82) is 0 Å². The van der Waals surface area contributed by atoms with E-state index in [0.29, 0.717) is 28.4 Å².